The number of aryl methyl sites for hydroxylation is 1. The van der Waals surface area contributed by atoms with Crippen LogP contribution in [0.3, 0.4) is 0 Å². The van der Waals surface area contributed by atoms with E-state index in [0.717, 1.165) is 22.2 Å². The number of pyridine rings is 1. The van der Waals surface area contributed by atoms with Crippen LogP contribution in [0.5, 0.6) is 0 Å². The third-order valence-corrected chi connectivity index (χ3v) is 5.48. The summed E-state index contributed by atoms with van der Waals surface area (Å²) < 4.78 is 1.87. The molecule has 0 aliphatic carbocycles. The molecule has 0 saturated heterocycles. The van der Waals surface area contributed by atoms with Crippen molar-refractivity contribution in [1.82, 2.24) is 14.7 Å². The Morgan fingerprint density at radius 3 is 2.61 bits per heavy atom. The number of rotatable bonds is 8. The standard InChI is InChI=1S/C25H24N6O2/c1-16-13-23(31-21-10-6-5-9-19(21)30-24(31)18(16)15-26)29-20(14-17-7-3-2-4-8-17)25(33)28-12-11-22(27)32/h2-10,13,20,29H,11-12,14H2,1H3,(H2,27,32)(H,28,33)/t20-/m1/s1. The molecule has 2 aromatic heterocycles. The number of nitriles is 1. The summed E-state index contributed by atoms with van der Waals surface area (Å²) >= 11 is 0. The molecule has 2 amide bonds. The average molecular weight is 441 g/mol. The summed E-state index contributed by atoms with van der Waals surface area (Å²) in [5.74, 6) is -0.0713. The van der Waals surface area contributed by atoms with E-state index in [1.165, 1.54) is 0 Å². The molecule has 166 valence electrons. The molecule has 0 spiro atoms. The van der Waals surface area contributed by atoms with Crippen molar-refractivity contribution < 1.29 is 9.59 Å². The van der Waals surface area contributed by atoms with E-state index in [2.05, 4.69) is 21.7 Å². The summed E-state index contributed by atoms with van der Waals surface area (Å²) in [6.07, 6.45) is 0.493. The highest BCUT2D eigenvalue weighted by molar-refractivity contribution is 5.88. The van der Waals surface area contributed by atoms with Gasteiger partial charge in [-0.3, -0.25) is 14.0 Å². The zero-order valence-electron chi connectivity index (χ0n) is 18.2. The Hall–Kier alpha value is -4.38. The lowest BCUT2D eigenvalue weighted by Gasteiger charge is -2.21. The Bertz CT molecular complexity index is 1370. The molecule has 0 fully saturated rings. The van der Waals surface area contributed by atoms with Crippen LogP contribution in [0.15, 0.2) is 60.7 Å². The molecule has 8 nitrogen and oxygen atoms in total. The summed E-state index contributed by atoms with van der Waals surface area (Å²) in [6.45, 7) is 2.01. The molecule has 0 aliphatic heterocycles. The number of fused-ring (bicyclic) bond motifs is 3. The van der Waals surface area contributed by atoms with E-state index in [0.29, 0.717) is 23.4 Å². The number of primary amides is 1. The lowest BCUT2D eigenvalue weighted by molar-refractivity contribution is -0.122. The second-order valence-electron chi connectivity index (χ2n) is 7.85. The molecule has 33 heavy (non-hydrogen) atoms. The smallest absolute Gasteiger partial charge is 0.242 e. The van der Waals surface area contributed by atoms with Crippen LogP contribution in [0.2, 0.25) is 0 Å². The average Bonchev–Trinajstić information content (AvgIpc) is 3.18. The van der Waals surface area contributed by atoms with Crippen LogP contribution in [0.4, 0.5) is 5.82 Å². The maximum atomic E-state index is 13.1. The lowest BCUT2D eigenvalue weighted by Crippen LogP contribution is -2.42. The first-order valence-electron chi connectivity index (χ1n) is 10.7. The van der Waals surface area contributed by atoms with Gasteiger partial charge in [-0.2, -0.15) is 5.26 Å². The highest BCUT2D eigenvalue weighted by Crippen LogP contribution is 2.27. The number of para-hydroxylation sites is 2. The van der Waals surface area contributed by atoms with E-state index in [-0.39, 0.29) is 18.9 Å². The molecule has 2 heterocycles. The Balaban J connectivity index is 1.76. The number of anilines is 1. The van der Waals surface area contributed by atoms with Crippen LogP contribution in [0, 0.1) is 18.3 Å². The Morgan fingerprint density at radius 1 is 1.15 bits per heavy atom. The number of benzene rings is 2. The third kappa shape index (κ3) is 4.62. The SMILES string of the molecule is Cc1cc(N[C@H](Cc2ccccc2)C(=O)NCCC(N)=O)n2c(nc3ccccc32)c1C#N. The van der Waals surface area contributed by atoms with Gasteiger partial charge >= 0.3 is 0 Å². The van der Waals surface area contributed by atoms with Crippen molar-refractivity contribution in [2.24, 2.45) is 5.73 Å². The Kier molecular flexibility index (Phi) is 6.22. The van der Waals surface area contributed by atoms with Crippen LogP contribution < -0.4 is 16.4 Å². The normalized spacial score (nSPS) is 11.8. The third-order valence-electron chi connectivity index (χ3n) is 5.48. The Labute approximate surface area is 191 Å². The fourth-order valence-corrected chi connectivity index (χ4v) is 3.87. The van der Waals surface area contributed by atoms with Gasteiger partial charge in [-0.15, -0.1) is 0 Å². The molecule has 0 bridgehead atoms. The second kappa shape index (κ2) is 9.40. The van der Waals surface area contributed by atoms with Gasteiger partial charge in [0.05, 0.1) is 16.6 Å². The molecule has 2 aromatic carbocycles. The van der Waals surface area contributed by atoms with Crippen LogP contribution in [0.1, 0.15) is 23.1 Å². The fourth-order valence-electron chi connectivity index (χ4n) is 3.87. The zero-order chi connectivity index (χ0) is 23.4. The minimum atomic E-state index is -0.628. The van der Waals surface area contributed by atoms with Crippen molar-refractivity contribution in [2.75, 3.05) is 11.9 Å². The zero-order valence-corrected chi connectivity index (χ0v) is 18.2. The van der Waals surface area contributed by atoms with Gasteiger partial charge in [-0.05, 0) is 36.2 Å². The summed E-state index contributed by atoms with van der Waals surface area (Å²) in [5, 5.41) is 15.9. The van der Waals surface area contributed by atoms with Crippen molar-refractivity contribution >= 4 is 34.3 Å². The molecular formula is C25H24N6O2. The van der Waals surface area contributed by atoms with Crippen molar-refractivity contribution in [3.8, 4) is 6.07 Å². The maximum absolute atomic E-state index is 13.1. The first kappa shape index (κ1) is 21.8. The predicted molar refractivity (Wildman–Crippen MR) is 127 cm³/mol. The number of imidazole rings is 1. The monoisotopic (exact) mass is 440 g/mol. The number of aromatic nitrogens is 2. The van der Waals surface area contributed by atoms with E-state index in [1.807, 2.05) is 72.0 Å². The molecule has 0 radical (unpaired) electrons. The van der Waals surface area contributed by atoms with Gasteiger partial charge in [0.25, 0.3) is 0 Å². The van der Waals surface area contributed by atoms with E-state index >= 15 is 0 Å². The Morgan fingerprint density at radius 2 is 1.88 bits per heavy atom. The van der Waals surface area contributed by atoms with Crippen molar-refractivity contribution in [1.29, 1.82) is 5.26 Å². The number of hydrogen-bond acceptors (Lipinski definition) is 5. The van der Waals surface area contributed by atoms with Crippen LogP contribution in [-0.4, -0.2) is 33.8 Å². The van der Waals surface area contributed by atoms with Gasteiger partial charge in [0.1, 0.15) is 17.9 Å². The summed E-state index contributed by atoms with van der Waals surface area (Å²) in [5.41, 5.74) is 9.56. The summed E-state index contributed by atoms with van der Waals surface area (Å²) in [7, 11) is 0. The van der Waals surface area contributed by atoms with Crippen molar-refractivity contribution in [3.63, 3.8) is 0 Å². The van der Waals surface area contributed by atoms with Gasteiger partial charge in [0, 0.05) is 19.4 Å². The highest BCUT2D eigenvalue weighted by Gasteiger charge is 2.22. The van der Waals surface area contributed by atoms with Gasteiger partial charge in [0.2, 0.25) is 11.8 Å². The maximum Gasteiger partial charge on any atom is 0.242 e. The predicted octanol–water partition coefficient (Wildman–Crippen LogP) is 2.68. The first-order chi connectivity index (χ1) is 16.0. The van der Waals surface area contributed by atoms with Crippen molar-refractivity contribution in [2.45, 2.75) is 25.8 Å². The largest absolute Gasteiger partial charge is 0.370 e. The second-order valence-corrected chi connectivity index (χ2v) is 7.85. The van der Waals surface area contributed by atoms with E-state index in [1.54, 1.807) is 0 Å². The number of nitrogens with one attached hydrogen (secondary N) is 2. The van der Waals surface area contributed by atoms with E-state index in [4.69, 9.17) is 5.73 Å². The number of hydrogen-bond donors (Lipinski definition) is 3. The molecule has 0 saturated carbocycles. The summed E-state index contributed by atoms with van der Waals surface area (Å²) in [6, 6.07) is 20.8. The molecule has 4 rings (SSSR count). The minimum absolute atomic E-state index is 0.0656. The number of carbonyl (C=O) groups is 2. The quantitative estimate of drug-likeness (QED) is 0.388. The van der Waals surface area contributed by atoms with E-state index in [9.17, 15) is 14.9 Å². The van der Waals surface area contributed by atoms with Crippen LogP contribution in [-0.2, 0) is 16.0 Å². The lowest BCUT2D eigenvalue weighted by atomic mass is 10.0. The molecule has 4 aromatic rings. The van der Waals surface area contributed by atoms with Gasteiger partial charge in [-0.1, -0.05) is 42.5 Å². The first-order valence-corrected chi connectivity index (χ1v) is 10.7. The van der Waals surface area contributed by atoms with Crippen LogP contribution >= 0.6 is 0 Å². The number of carbonyl (C=O) groups excluding carboxylic acids is 2. The van der Waals surface area contributed by atoms with Crippen molar-refractivity contribution in [3.05, 3.63) is 77.4 Å². The fraction of sp³-hybridized carbons (Fsp3) is 0.200. The molecular weight excluding hydrogens is 416 g/mol. The van der Waals surface area contributed by atoms with Crippen LogP contribution in [0.25, 0.3) is 16.7 Å². The highest BCUT2D eigenvalue weighted by atomic mass is 16.2. The molecule has 0 aliphatic rings. The van der Waals surface area contributed by atoms with E-state index < -0.39 is 11.9 Å². The number of amides is 2. The molecule has 8 heteroatoms. The number of nitrogens with zero attached hydrogens (tertiary/aromatic N) is 3. The minimum Gasteiger partial charge on any atom is -0.370 e. The molecule has 4 N–H and O–H groups in total. The topological polar surface area (TPSA) is 125 Å². The summed E-state index contributed by atoms with van der Waals surface area (Å²) in [4.78, 5) is 28.8. The molecule has 1 atom stereocenters. The van der Waals surface area contributed by atoms with Gasteiger partial charge < -0.3 is 16.4 Å². The van der Waals surface area contributed by atoms with Gasteiger partial charge in [-0.25, -0.2) is 4.98 Å². The number of nitrogens with two attached hydrogens (primary N) is 1. The van der Waals surface area contributed by atoms with Gasteiger partial charge in [0.15, 0.2) is 5.65 Å². The molecule has 0 unspecified atom stereocenters.